The average molecular weight is 300 g/mol. The topological polar surface area (TPSA) is 102 Å². The van der Waals surface area contributed by atoms with Crippen molar-refractivity contribution in [2.75, 3.05) is 11.9 Å². The Morgan fingerprint density at radius 2 is 2.09 bits per heavy atom. The number of aryl methyl sites for hydroxylation is 1. The lowest BCUT2D eigenvalue weighted by molar-refractivity contribution is -0.385. The lowest BCUT2D eigenvalue weighted by Crippen LogP contribution is -2.23. The van der Waals surface area contributed by atoms with E-state index in [9.17, 15) is 14.9 Å². The van der Waals surface area contributed by atoms with Crippen molar-refractivity contribution in [3.05, 3.63) is 63.3 Å². The fourth-order valence-corrected chi connectivity index (χ4v) is 2.15. The normalized spacial score (nSPS) is 10.3. The Labute approximate surface area is 127 Å². The summed E-state index contributed by atoms with van der Waals surface area (Å²) in [6.07, 6.45) is 1.12. The maximum atomic E-state index is 11.6. The maximum absolute atomic E-state index is 11.6. The number of anilines is 1. The van der Waals surface area contributed by atoms with Crippen molar-refractivity contribution < 1.29 is 9.72 Å². The molecule has 1 heterocycles. The summed E-state index contributed by atoms with van der Waals surface area (Å²) in [6, 6.07) is 8.98. The van der Waals surface area contributed by atoms with E-state index in [1.54, 1.807) is 11.9 Å². The lowest BCUT2D eigenvalue weighted by Gasteiger charge is -2.21. The van der Waals surface area contributed by atoms with Gasteiger partial charge in [0, 0.05) is 19.7 Å². The Kier molecular flexibility index (Phi) is 4.36. The molecular formula is C15H16N4O3. The smallest absolute Gasteiger partial charge is 0.288 e. The summed E-state index contributed by atoms with van der Waals surface area (Å²) >= 11 is 0. The van der Waals surface area contributed by atoms with Gasteiger partial charge in [0.1, 0.15) is 12.0 Å². The SMILES string of the molecule is Cc1ccccc1CN(C)c1ncc([N+](=O)[O-])cc1C(N)=O. The first-order valence-corrected chi connectivity index (χ1v) is 6.60. The molecule has 2 aromatic rings. The summed E-state index contributed by atoms with van der Waals surface area (Å²) in [7, 11) is 1.76. The first-order chi connectivity index (χ1) is 10.4. The number of carbonyl (C=O) groups excluding carboxylic acids is 1. The molecule has 0 saturated carbocycles. The number of hydrogen-bond donors (Lipinski definition) is 1. The van der Waals surface area contributed by atoms with Crippen LogP contribution in [0.15, 0.2) is 36.5 Å². The Morgan fingerprint density at radius 3 is 2.68 bits per heavy atom. The van der Waals surface area contributed by atoms with E-state index < -0.39 is 10.8 Å². The zero-order valence-electron chi connectivity index (χ0n) is 12.3. The molecular weight excluding hydrogens is 284 g/mol. The van der Waals surface area contributed by atoms with Crippen molar-refractivity contribution in [2.45, 2.75) is 13.5 Å². The number of amides is 1. The molecule has 0 unspecified atom stereocenters. The minimum Gasteiger partial charge on any atom is -0.365 e. The minimum atomic E-state index is -0.747. The molecule has 0 aliphatic carbocycles. The fraction of sp³-hybridized carbons (Fsp3) is 0.200. The van der Waals surface area contributed by atoms with Gasteiger partial charge in [-0.1, -0.05) is 24.3 Å². The van der Waals surface area contributed by atoms with Gasteiger partial charge in [0.05, 0.1) is 10.5 Å². The van der Waals surface area contributed by atoms with Gasteiger partial charge >= 0.3 is 0 Å². The summed E-state index contributed by atoms with van der Waals surface area (Å²) in [4.78, 5) is 27.5. The third-order valence-electron chi connectivity index (χ3n) is 3.36. The van der Waals surface area contributed by atoms with Crippen LogP contribution in [0.3, 0.4) is 0 Å². The molecule has 0 atom stereocenters. The first-order valence-electron chi connectivity index (χ1n) is 6.60. The lowest BCUT2D eigenvalue weighted by atomic mass is 10.1. The van der Waals surface area contributed by atoms with Crippen LogP contribution in [0.1, 0.15) is 21.5 Å². The number of pyridine rings is 1. The molecule has 0 aliphatic heterocycles. The maximum Gasteiger partial charge on any atom is 0.288 e. The van der Waals surface area contributed by atoms with Gasteiger partial charge in [-0.3, -0.25) is 14.9 Å². The van der Waals surface area contributed by atoms with Crippen LogP contribution in [0.4, 0.5) is 11.5 Å². The largest absolute Gasteiger partial charge is 0.365 e. The van der Waals surface area contributed by atoms with Crippen LogP contribution < -0.4 is 10.6 Å². The summed E-state index contributed by atoms with van der Waals surface area (Å²) in [5, 5.41) is 10.8. The number of rotatable bonds is 5. The summed E-state index contributed by atoms with van der Waals surface area (Å²) in [5.41, 5.74) is 7.27. The quantitative estimate of drug-likeness (QED) is 0.672. The first kappa shape index (κ1) is 15.4. The second-order valence-corrected chi connectivity index (χ2v) is 4.97. The van der Waals surface area contributed by atoms with E-state index in [0.717, 1.165) is 23.4 Å². The number of carbonyl (C=O) groups is 1. The van der Waals surface area contributed by atoms with Gasteiger partial charge in [-0.2, -0.15) is 0 Å². The Bertz CT molecular complexity index is 730. The third kappa shape index (κ3) is 3.20. The zero-order valence-corrected chi connectivity index (χ0v) is 12.3. The summed E-state index contributed by atoms with van der Waals surface area (Å²) in [6.45, 7) is 2.50. The standard InChI is InChI=1S/C15H16N4O3/c1-10-5-3-4-6-11(10)9-18(2)15-13(14(16)20)7-12(8-17-15)19(21)22/h3-8H,9H2,1-2H3,(H2,16,20). The van der Waals surface area contributed by atoms with Crippen molar-refractivity contribution in [3.63, 3.8) is 0 Å². The molecule has 0 radical (unpaired) electrons. The van der Waals surface area contributed by atoms with Crippen LogP contribution in [-0.2, 0) is 6.54 Å². The predicted molar refractivity (Wildman–Crippen MR) is 82.7 cm³/mol. The van der Waals surface area contributed by atoms with Gasteiger partial charge in [0.15, 0.2) is 0 Å². The van der Waals surface area contributed by atoms with Crippen LogP contribution in [0, 0.1) is 17.0 Å². The molecule has 7 heteroatoms. The molecule has 22 heavy (non-hydrogen) atoms. The minimum absolute atomic E-state index is 0.0327. The summed E-state index contributed by atoms with van der Waals surface area (Å²) in [5.74, 6) is -0.427. The van der Waals surface area contributed by atoms with Crippen LogP contribution in [0.2, 0.25) is 0 Å². The van der Waals surface area contributed by atoms with E-state index in [1.807, 2.05) is 31.2 Å². The molecule has 1 amide bonds. The highest BCUT2D eigenvalue weighted by Gasteiger charge is 2.19. The number of aromatic nitrogens is 1. The molecule has 2 rings (SSSR count). The van der Waals surface area contributed by atoms with Crippen LogP contribution in [0.25, 0.3) is 0 Å². The fourth-order valence-electron chi connectivity index (χ4n) is 2.15. The molecule has 1 aromatic carbocycles. The van der Waals surface area contributed by atoms with E-state index in [2.05, 4.69) is 4.98 Å². The molecule has 0 spiro atoms. The monoisotopic (exact) mass is 300 g/mol. The third-order valence-corrected chi connectivity index (χ3v) is 3.36. The Balaban J connectivity index is 2.37. The Morgan fingerprint density at radius 1 is 1.41 bits per heavy atom. The van der Waals surface area contributed by atoms with Crippen LogP contribution >= 0.6 is 0 Å². The second-order valence-electron chi connectivity index (χ2n) is 4.97. The van der Waals surface area contributed by atoms with Crippen molar-refractivity contribution >= 4 is 17.4 Å². The second kappa shape index (κ2) is 6.21. The van der Waals surface area contributed by atoms with E-state index in [4.69, 9.17) is 5.73 Å². The highest BCUT2D eigenvalue weighted by Crippen LogP contribution is 2.23. The van der Waals surface area contributed by atoms with Crippen LogP contribution in [-0.4, -0.2) is 22.9 Å². The zero-order chi connectivity index (χ0) is 16.3. The molecule has 0 saturated heterocycles. The van der Waals surface area contributed by atoms with E-state index in [-0.39, 0.29) is 11.3 Å². The number of benzene rings is 1. The molecule has 0 bridgehead atoms. The Hall–Kier alpha value is -2.96. The van der Waals surface area contributed by atoms with Gasteiger partial charge < -0.3 is 10.6 Å². The van der Waals surface area contributed by atoms with Gasteiger partial charge in [-0.05, 0) is 18.1 Å². The number of nitro groups is 1. The van der Waals surface area contributed by atoms with E-state index in [0.29, 0.717) is 12.4 Å². The number of nitrogens with zero attached hydrogens (tertiary/aromatic N) is 3. The molecule has 114 valence electrons. The van der Waals surface area contributed by atoms with Gasteiger partial charge in [0.2, 0.25) is 0 Å². The van der Waals surface area contributed by atoms with Crippen molar-refractivity contribution in [1.29, 1.82) is 0 Å². The molecule has 0 fully saturated rings. The van der Waals surface area contributed by atoms with Gasteiger partial charge in [-0.15, -0.1) is 0 Å². The number of nitrogens with two attached hydrogens (primary N) is 1. The number of primary amides is 1. The highest BCUT2D eigenvalue weighted by molar-refractivity contribution is 5.98. The highest BCUT2D eigenvalue weighted by atomic mass is 16.6. The van der Waals surface area contributed by atoms with Crippen molar-refractivity contribution in [3.8, 4) is 0 Å². The van der Waals surface area contributed by atoms with Gasteiger partial charge in [-0.25, -0.2) is 4.98 Å². The summed E-state index contributed by atoms with van der Waals surface area (Å²) < 4.78 is 0. The molecule has 1 aromatic heterocycles. The number of hydrogen-bond acceptors (Lipinski definition) is 5. The molecule has 0 aliphatic rings. The van der Waals surface area contributed by atoms with Crippen molar-refractivity contribution in [1.82, 2.24) is 4.98 Å². The molecule has 2 N–H and O–H groups in total. The van der Waals surface area contributed by atoms with E-state index in [1.165, 1.54) is 0 Å². The van der Waals surface area contributed by atoms with Crippen LogP contribution in [0.5, 0.6) is 0 Å². The average Bonchev–Trinajstić information content (AvgIpc) is 2.48. The molecule has 7 nitrogen and oxygen atoms in total. The van der Waals surface area contributed by atoms with E-state index >= 15 is 0 Å². The van der Waals surface area contributed by atoms with Gasteiger partial charge in [0.25, 0.3) is 11.6 Å². The van der Waals surface area contributed by atoms with Crippen molar-refractivity contribution in [2.24, 2.45) is 5.73 Å². The predicted octanol–water partition coefficient (Wildman–Crippen LogP) is 2.03.